The van der Waals surface area contributed by atoms with E-state index in [0.717, 1.165) is 31.1 Å². The lowest BCUT2D eigenvalue weighted by atomic mass is 9.99. The van der Waals surface area contributed by atoms with E-state index in [2.05, 4.69) is 29.3 Å². The van der Waals surface area contributed by atoms with Gasteiger partial charge in [-0.05, 0) is 43.4 Å². The van der Waals surface area contributed by atoms with Crippen LogP contribution in [-0.2, 0) is 13.1 Å². The monoisotopic (exact) mass is 441 g/mol. The van der Waals surface area contributed by atoms with Crippen LogP contribution in [0.1, 0.15) is 48.2 Å². The van der Waals surface area contributed by atoms with Gasteiger partial charge in [0, 0.05) is 25.7 Å². The van der Waals surface area contributed by atoms with Crippen molar-refractivity contribution in [2.24, 2.45) is 5.92 Å². The van der Waals surface area contributed by atoms with Gasteiger partial charge in [0.05, 0.1) is 24.7 Å². The van der Waals surface area contributed by atoms with Gasteiger partial charge in [0.2, 0.25) is 0 Å². The Labute approximate surface area is 188 Å². The minimum Gasteiger partial charge on any atom is -0.493 e. The Morgan fingerprint density at radius 3 is 2.56 bits per heavy atom. The molecule has 8 heteroatoms. The minimum absolute atomic E-state index is 0.0601. The molecule has 0 aromatic heterocycles. The Hall–Kier alpha value is -3.13. The zero-order valence-electron chi connectivity index (χ0n) is 18.9. The highest BCUT2D eigenvalue weighted by atomic mass is 16.6. The van der Waals surface area contributed by atoms with Crippen molar-refractivity contribution in [2.75, 3.05) is 26.8 Å². The molecular weight excluding hydrogens is 410 g/mol. The van der Waals surface area contributed by atoms with E-state index >= 15 is 0 Å². The van der Waals surface area contributed by atoms with E-state index in [9.17, 15) is 14.9 Å². The second-order valence-electron chi connectivity index (χ2n) is 8.19. The van der Waals surface area contributed by atoms with Crippen molar-refractivity contribution >= 4 is 11.6 Å². The summed E-state index contributed by atoms with van der Waals surface area (Å²) in [5.74, 6) is 0.714. The lowest BCUT2D eigenvalue weighted by Gasteiger charge is -2.30. The van der Waals surface area contributed by atoms with Crippen LogP contribution in [0.2, 0.25) is 0 Å². The van der Waals surface area contributed by atoms with Gasteiger partial charge in [-0.2, -0.15) is 0 Å². The molecule has 1 aliphatic rings. The number of piperidine rings is 1. The summed E-state index contributed by atoms with van der Waals surface area (Å²) in [4.78, 5) is 26.1. The highest BCUT2D eigenvalue weighted by Gasteiger charge is 2.24. The Morgan fingerprint density at radius 1 is 1.22 bits per heavy atom. The first-order chi connectivity index (χ1) is 15.4. The molecule has 2 aromatic carbocycles. The Morgan fingerprint density at radius 2 is 1.94 bits per heavy atom. The van der Waals surface area contributed by atoms with Gasteiger partial charge < -0.3 is 14.8 Å². The number of nitro benzene ring substituents is 1. The number of nitrogens with zero attached hydrogens (tertiary/aromatic N) is 2. The number of hydrogen-bond donors (Lipinski definition) is 1. The summed E-state index contributed by atoms with van der Waals surface area (Å²) < 4.78 is 10.6. The van der Waals surface area contributed by atoms with Crippen molar-refractivity contribution in [3.63, 3.8) is 0 Å². The molecule has 0 aliphatic carbocycles. The lowest BCUT2D eigenvalue weighted by molar-refractivity contribution is -0.385. The number of hydrogen-bond acceptors (Lipinski definition) is 6. The molecule has 1 unspecified atom stereocenters. The molecule has 1 heterocycles. The Kier molecular flexibility index (Phi) is 8.05. The molecule has 172 valence electrons. The molecule has 3 rings (SSSR count). The molecule has 0 bridgehead atoms. The van der Waals surface area contributed by atoms with E-state index in [-0.39, 0.29) is 23.5 Å². The van der Waals surface area contributed by atoms with Crippen LogP contribution < -0.4 is 14.8 Å². The fourth-order valence-corrected chi connectivity index (χ4v) is 4.04. The van der Waals surface area contributed by atoms with E-state index in [1.165, 1.54) is 37.6 Å². The number of rotatable bonds is 9. The van der Waals surface area contributed by atoms with Crippen LogP contribution in [0, 0.1) is 16.0 Å². The molecule has 1 aliphatic heterocycles. The van der Waals surface area contributed by atoms with E-state index in [0.29, 0.717) is 12.4 Å². The zero-order chi connectivity index (χ0) is 23.1. The predicted molar refractivity (Wildman–Crippen MR) is 122 cm³/mol. The number of nitrogens with one attached hydrogen (secondary N) is 1. The average molecular weight is 442 g/mol. The summed E-state index contributed by atoms with van der Waals surface area (Å²) in [6.45, 7) is 7.88. The number of likely N-dealkylation sites (tertiary alicyclic amines) is 1. The molecule has 1 amide bonds. The molecule has 32 heavy (non-hydrogen) atoms. The van der Waals surface area contributed by atoms with Gasteiger partial charge in [-0.15, -0.1) is 0 Å². The summed E-state index contributed by atoms with van der Waals surface area (Å²) in [5.41, 5.74) is 1.78. The van der Waals surface area contributed by atoms with Gasteiger partial charge in [-0.3, -0.25) is 19.8 Å². The molecular formula is C24H31N3O5. The lowest BCUT2D eigenvalue weighted by Crippen LogP contribution is -2.33. The number of ether oxygens (including phenoxy) is 2. The SMILES string of the molecule is CCOc1cc(C(=O)NCc2ccc(CN3CCCC(C)C3)cc2)c([N+](=O)[O-])cc1OC. The van der Waals surface area contributed by atoms with Crippen LogP contribution >= 0.6 is 0 Å². The topological polar surface area (TPSA) is 93.9 Å². The van der Waals surface area contributed by atoms with Crippen molar-refractivity contribution in [1.82, 2.24) is 10.2 Å². The van der Waals surface area contributed by atoms with Gasteiger partial charge >= 0.3 is 0 Å². The molecule has 8 nitrogen and oxygen atoms in total. The molecule has 1 atom stereocenters. The van der Waals surface area contributed by atoms with Crippen LogP contribution in [0.3, 0.4) is 0 Å². The van der Waals surface area contributed by atoms with Gasteiger partial charge in [-0.1, -0.05) is 31.2 Å². The third-order valence-electron chi connectivity index (χ3n) is 5.65. The van der Waals surface area contributed by atoms with E-state index in [4.69, 9.17) is 9.47 Å². The molecule has 0 saturated carbocycles. The fraction of sp³-hybridized carbons (Fsp3) is 0.458. The summed E-state index contributed by atoms with van der Waals surface area (Å²) in [6, 6.07) is 10.7. The third-order valence-corrected chi connectivity index (χ3v) is 5.65. The van der Waals surface area contributed by atoms with Gasteiger partial charge in [0.15, 0.2) is 11.5 Å². The maximum atomic E-state index is 12.7. The van der Waals surface area contributed by atoms with Crippen molar-refractivity contribution in [3.8, 4) is 11.5 Å². The average Bonchev–Trinajstić information content (AvgIpc) is 2.78. The largest absolute Gasteiger partial charge is 0.493 e. The Balaban J connectivity index is 1.66. The highest BCUT2D eigenvalue weighted by Crippen LogP contribution is 2.34. The number of carbonyl (C=O) groups is 1. The molecule has 1 saturated heterocycles. The van der Waals surface area contributed by atoms with Gasteiger partial charge in [-0.25, -0.2) is 0 Å². The smallest absolute Gasteiger partial charge is 0.286 e. The number of amides is 1. The number of nitro groups is 1. The van der Waals surface area contributed by atoms with Crippen molar-refractivity contribution in [3.05, 3.63) is 63.2 Å². The molecule has 0 spiro atoms. The normalized spacial score (nSPS) is 16.4. The first-order valence-electron chi connectivity index (χ1n) is 11.0. The quantitative estimate of drug-likeness (QED) is 0.464. The summed E-state index contributed by atoms with van der Waals surface area (Å²) in [6.07, 6.45) is 2.54. The van der Waals surface area contributed by atoms with Gasteiger partial charge in [0.1, 0.15) is 5.56 Å². The maximum Gasteiger partial charge on any atom is 0.286 e. The highest BCUT2D eigenvalue weighted by molar-refractivity contribution is 5.99. The number of benzene rings is 2. The fourth-order valence-electron chi connectivity index (χ4n) is 4.04. The maximum absolute atomic E-state index is 12.7. The number of methoxy groups -OCH3 is 1. The third kappa shape index (κ3) is 5.97. The van der Waals surface area contributed by atoms with Crippen molar-refractivity contribution in [1.29, 1.82) is 0 Å². The molecule has 0 radical (unpaired) electrons. The standard InChI is InChI=1S/C24H31N3O5/c1-4-32-23-12-20(21(27(29)30)13-22(23)31-3)24(28)25-14-18-7-9-19(10-8-18)16-26-11-5-6-17(2)15-26/h7-10,12-13,17H,4-6,11,14-16H2,1-3H3,(H,25,28). The van der Waals surface area contributed by atoms with Gasteiger partial charge in [0.25, 0.3) is 11.6 Å². The summed E-state index contributed by atoms with van der Waals surface area (Å²) in [5, 5.41) is 14.3. The van der Waals surface area contributed by atoms with E-state index in [1.807, 2.05) is 12.1 Å². The van der Waals surface area contributed by atoms with Crippen molar-refractivity contribution in [2.45, 2.75) is 39.8 Å². The minimum atomic E-state index is -0.594. The molecule has 1 fully saturated rings. The van der Waals surface area contributed by atoms with E-state index in [1.54, 1.807) is 6.92 Å². The first kappa shape index (κ1) is 23.5. The summed E-state index contributed by atoms with van der Waals surface area (Å²) in [7, 11) is 1.40. The van der Waals surface area contributed by atoms with Crippen LogP contribution in [0.5, 0.6) is 11.5 Å². The molecule has 1 N–H and O–H groups in total. The molecule has 2 aromatic rings. The van der Waals surface area contributed by atoms with Crippen LogP contribution in [0.4, 0.5) is 5.69 Å². The van der Waals surface area contributed by atoms with Crippen LogP contribution in [-0.4, -0.2) is 42.5 Å². The van der Waals surface area contributed by atoms with Crippen LogP contribution in [0.25, 0.3) is 0 Å². The van der Waals surface area contributed by atoms with Crippen LogP contribution in [0.15, 0.2) is 36.4 Å². The van der Waals surface area contributed by atoms with Crippen molar-refractivity contribution < 1.29 is 19.2 Å². The predicted octanol–water partition coefficient (Wildman–Crippen LogP) is 4.16. The first-order valence-corrected chi connectivity index (χ1v) is 11.0. The number of carbonyl (C=O) groups excluding carboxylic acids is 1. The second kappa shape index (κ2) is 10.9. The summed E-state index contributed by atoms with van der Waals surface area (Å²) >= 11 is 0. The zero-order valence-corrected chi connectivity index (χ0v) is 18.9. The Bertz CT molecular complexity index is 945. The van der Waals surface area contributed by atoms with E-state index < -0.39 is 10.8 Å². The second-order valence-corrected chi connectivity index (χ2v) is 8.19.